The number of carbonyl (C=O) groups excluding carboxylic acids is 1. The van der Waals surface area contributed by atoms with Crippen LogP contribution in [-0.2, 0) is 0 Å². The summed E-state index contributed by atoms with van der Waals surface area (Å²) >= 11 is 0. The summed E-state index contributed by atoms with van der Waals surface area (Å²) in [6.45, 7) is 2.65. The van der Waals surface area contributed by atoms with Gasteiger partial charge in [0.2, 0.25) is 0 Å². The maximum atomic E-state index is 10.5. The molecule has 0 amide bonds. The summed E-state index contributed by atoms with van der Waals surface area (Å²) < 4.78 is 5.31. The van der Waals surface area contributed by atoms with Gasteiger partial charge in [0.25, 0.3) is 0 Å². The van der Waals surface area contributed by atoms with Crippen molar-refractivity contribution in [3.05, 3.63) is 24.0 Å². The molecule has 0 aromatic carbocycles. The molecular formula is C9H11NO2. The van der Waals surface area contributed by atoms with Crippen molar-refractivity contribution >= 4 is 6.29 Å². The Kier molecular flexibility index (Phi) is 3.26. The van der Waals surface area contributed by atoms with Crippen molar-refractivity contribution in [2.24, 2.45) is 0 Å². The number of aldehydes is 1. The molecule has 0 atom stereocenters. The molecule has 3 heteroatoms. The highest BCUT2D eigenvalue weighted by Gasteiger charge is 1.99. The van der Waals surface area contributed by atoms with Crippen molar-refractivity contribution in [2.75, 3.05) is 6.61 Å². The molecule has 1 aromatic rings. The molecule has 1 aromatic heterocycles. The van der Waals surface area contributed by atoms with E-state index in [9.17, 15) is 4.79 Å². The van der Waals surface area contributed by atoms with Crippen LogP contribution in [-0.4, -0.2) is 17.9 Å². The number of carbonyl (C=O) groups is 1. The first-order valence-corrected chi connectivity index (χ1v) is 3.90. The Morgan fingerprint density at radius 1 is 1.67 bits per heavy atom. The van der Waals surface area contributed by atoms with E-state index in [-0.39, 0.29) is 0 Å². The van der Waals surface area contributed by atoms with E-state index in [1.807, 2.05) is 6.92 Å². The first-order valence-electron chi connectivity index (χ1n) is 3.90. The molecular weight excluding hydrogens is 154 g/mol. The van der Waals surface area contributed by atoms with Gasteiger partial charge in [0, 0.05) is 12.4 Å². The number of ether oxygens (including phenoxy) is 1. The lowest BCUT2D eigenvalue weighted by molar-refractivity contribution is 0.111. The van der Waals surface area contributed by atoms with Gasteiger partial charge in [-0.15, -0.1) is 0 Å². The maximum absolute atomic E-state index is 10.5. The molecule has 3 nitrogen and oxygen atoms in total. The SMILES string of the molecule is CCCOc1ccncc1C=O. The lowest BCUT2D eigenvalue weighted by Crippen LogP contribution is -1.98. The fraction of sp³-hybridized carbons (Fsp3) is 0.333. The van der Waals surface area contributed by atoms with E-state index in [1.54, 1.807) is 12.3 Å². The van der Waals surface area contributed by atoms with Gasteiger partial charge in [-0.2, -0.15) is 0 Å². The van der Waals surface area contributed by atoms with Crippen LogP contribution in [0.25, 0.3) is 0 Å². The average Bonchev–Trinajstić information content (AvgIpc) is 2.15. The maximum Gasteiger partial charge on any atom is 0.155 e. The first-order chi connectivity index (χ1) is 5.88. The van der Waals surface area contributed by atoms with Gasteiger partial charge in [0.05, 0.1) is 12.2 Å². The third kappa shape index (κ3) is 2.05. The molecule has 0 saturated carbocycles. The first kappa shape index (κ1) is 8.71. The number of nitrogens with zero attached hydrogens (tertiary/aromatic N) is 1. The Hall–Kier alpha value is -1.38. The van der Waals surface area contributed by atoms with Gasteiger partial charge >= 0.3 is 0 Å². The Labute approximate surface area is 71.4 Å². The topological polar surface area (TPSA) is 39.2 Å². The predicted molar refractivity (Wildman–Crippen MR) is 45.4 cm³/mol. The normalized spacial score (nSPS) is 9.42. The zero-order chi connectivity index (χ0) is 8.81. The van der Waals surface area contributed by atoms with Crippen LogP contribution in [0.3, 0.4) is 0 Å². The highest BCUT2D eigenvalue weighted by atomic mass is 16.5. The molecule has 0 aliphatic carbocycles. The average molecular weight is 165 g/mol. The summed E-state index contributed by atoms with van der Waals surface area (Å²) in [5, 5.41) is 0. The Bertz CT molecular complexity index is 260. The van der Waals surface area contributed by atoms with E-state index < -0.39 is 0 Å². The van der Waals surface area contributed by atoms with Crippen molar-refractivity contribution < 1.29 is 9.53 Å². The Morgan fingerprint density at radius 2 is 2.50 bits per heavy atom. The lowest BCUT2D eigenvalue weighted by atomic mass is 10.3. The van der Waals surface area contributed by atoms with E-state index in [4.69, 9.17) is 4.74 Å². The van der Waals surface area contributed by atoms with Crippen LogP contribution in [0, 0.1) is 0 Å². The summed E-state index contributed by atoms with van der Waals surface area (Å²) in [4.78, 5) is 14.3. The van der Waals surface area contributed by atoms with E-state index in [0.717, 1.165) is 12.7 Å². The van der Waals surface area contributed by atoms with Crippen molar-refractivity contribution in [3.8, 4) is 5.75 Å². The van der Waals surface area contributed by atoms with Crippen molar-refractivity contribution in [2.45, 2.75) is 13.3 Å². The van der Waals surface area contributed by atoms with Crippen LogP contribution in [0.4, 0.5) is 0 Å². The van der Waals surface area contributed by atoms with E-state index >= 15 is 0 Å². The molecule has 0 fully saturated rings. The molecule has 0 bridgehead atoms. The van der Waals surface area contributed by atoms with Crippen LogP contribution in [0.15, 0.2) is 18.5 Å². The third-order valence-electron chi connectivity index (χ3n) is 1.40. The Morgan fingerprint density at radius 3 is 3.17 bits per heavy atom. The van der Waals surface area contributed by atoms with Crippen LogP contribution < -0.4 is 4.74 Å². The van der Waals surface area contributed by atoms with E-state index in [0.29, 0.717) is 17.9 Å². The Balaban J connectivity index is 2.75. The van der Waals surface area contributed by atoms with Gasteiger partial charge in [-0.05, 0) is 12.5 Å². The standard InChI is InChI=1S/C9H11NO2/c1-2-5-12-9-3-4-10-6-8(9)7-11/h3-4,6-7H,2,5H2,1H3. The monoisotopic (exact) mass is 165 g/mol. The second-order valence-electron chi connectivity index (χ2n) is 2.38. The zero-order valence-corrected chi connectivity index (χ0v) is 6.99. The summed E-state index contributed by atoms with van der Waals surface area (Å²) in [5.74, 6) is 0.613. The summed E-state index contributed by atoms with van der Waals surface area (Å²) in [6.07, 6.45) is 4.79. The fourth-order valence-electron chi connectivity index (χ4n) is 0.826. The second kappa shape index (κ2) is 4.49. The summed E-state index contributed by atoms with van der Waals surface area (Å²) in [6, 6.07) is 1.69. The molecule has 0 saturated heterocycles. The molecule has 1 rings (SSSR count). The minimum absolute atomic E-state index is 0.506. The third-order valence-corrected chi connectivity index (χ3v) is 1.40. The molecule has 0 aliphatic heterocycles. The number of pyridine rings is 1. The predicted octanol–water partition coefficient (Wildman–Crippen LogP) is 1.68. The van der Waals surface area contributed by atoms with Crippen LogP contribution >= 0.6 is 0 Å². The summed E-state index contributed by atoms with van der Waals surface area (Å²) in [5.41, 5.74) is 0.506. The van der Waals surface area contributed by atoms with Crippen molar-refractivity contribution in [3.63, 3.8) is 0 Å². The molecule has 1 heterocycles. The van der Waals surface area contributed by atoms with Gasteiger partial charge in [-0.1, -0.05) is 6.92 Å². The highest BCUT2D eigenvalue weighted by molar-refractivity contribution is 5.78. The smallest absolute Gasteiger partial charge is 0.155 e. The number of hydrogen-bond donors (Lipinski definition) is 0. The molecule has 0 N–H and O–H groups in total. The highest BCUT2D eigenvalue weighted by Crippen LogP contribution is 2.13. The summed E-state index contributed by atoms with van der Waals surface area (Å²) in [7, 11) is 0. The van der Waals surface area contributed by atoms with Gasteiger partial charge in [0.1, 0.15) is 5.75 Å². The van der Waals surface area contributed by atoms with Crippen molar-refractivity contribution in [1.82, 2.24) is 4.98 Å². The van der Waals surface area contributed by atoms with E-state index in [1.165, 1.54) is 6.20 Å². The van der Waals surface area contributed by atoms with Gasteiger partial charge in [0.15, 0.2) is 6.29 Å². The molecule has 0 aliphatic rings. The van der Waals surface area contributed by atoms with Crippen molar-refractivity contribution in [1.29, 1.82) is 0 Å². The minimum Gasteiger partial charge on any atom is -0.493 e. The quantitative estimate of drug-likeness (QED) is 0.637. The van der Waals surface area contributed by atoms with Gasteiger partial charge in [-0.25, -0.2) is 0 Å². The molecule has 0 radical (unpaired) electrons. The van der Waals surface area contributed by atoms with Crippen LogP contribution in [0.5, 0.6) is 5.75 Å². The second-order valence-corrected chi connectivity index (χ2v) is 2.38. The number of hydrogen-bond acceptors (Lipinski definition) is 3. The van der Waals surface area contributed by atoms with Gasteiger partial charge < -0.3 is 4.74 Å². The van der Waals surface area contributed by atoms with E-state index in [2.05, 4.69) is 4.98 Å². The minimum atomic E-state index is 0.506. The van der Waals surface area contributed by atoms with Crippen LogP contribution in [0.2, 0.25) is 0 Å². The largest absolute Gasteiger partial charge is 0.493 e. The molecule has 0 unspecified atom stereocenters. The zero-order valence-electron chi connectivity index (χ0n) is 6.99. The van der Waals surface area contributed by atoms with Gasteiger partial charge in [-0.3, -0.25) is 9.78 Å². The number of rotatable bonds is 4. The fourth-order valence-corrected chi connectivity index (χ4v) is 0.826. The molecule has 12 heavy (non-hydrogen) atoms. The molecule has 0 spiro atoms. The lowest BCUT2D eigenvalue weighted by Gasteiger charge is -2.04. The van der Waals surface area contributed by atoms with Crippen LogP contribution in [0.1, 0.15) is 23.7 Å². The molecule has 64 valence electrons. The number of aromatic nitrogens is 1.